The SMILES string of the molecule is C=C(C)[C@@H]1CC/C(C)=C\CC/C(C)=C\C[C@H](C(=C)C)C1. The van der Waals surface area contributed by atoms with Gasteiger partial charge in [0.25, 0.3) is 0 Å². The third-order valence-corrected chi connectivity index (χ3v) is 4.63. The molecule has 0 aromatic heterocycles. The fourth-order valence-electron chi connectivity index (χ4n) is 2.90. The molecule has 0 aliphatic heterocycles. The van der Waals surface area contributed by atoms with Crippen molar-refractivity contribution in [3.63, 3.8) is 0 Å². The van der Waals surface area contributed by atoms with Gasteiger partial charge in [-0.2, -0.15) is 0 Å². The van der Waals surface area contributed by atoms with Crippen molar-refractivity contribution in [2.24, 2.45) is 11.8 Å². The number of hydrogen-bond donors (Lipinski definition) is 0. The van der Waals surface area contributed by atoms with E-state index in [1.807, 2.05) is 0 Å². The molecule has 0 aromatic carbocycles. The smallest absolute Gasteiger partial charge is 0.0168 e. The van der Waals surface area contributed by atoms with Gasteiger partial charge in [-0.05, 0) is 78.1 Å². The molecule has 0 nitrogen and oxygen atoms in total. The molecule has 20 heavy (non-hydrogen) atoms. The minimum absolute atomic E-state index is 0.607. The van der Waals surface area contributed by atoms with Crippen molar-refractivity contribution in [1.82, 2.24) is 0 Å². The Morgan fingerprint density at radius 3 is 2.15 bits per heavy atom. The van der Waals surface area contributed by atoms with Gasteiger partial charge in [-0.25, -0.2) is 0 Å². The van der Waals surface area contributed by atoms with E-state index in [1.165, 1.54) is 54.4 Å². The third-order valence-electron chi connectivity index (χ3n) is 4.63. The summed E-state index contributed by atoms with van der Waals surface area (Å²) in [5.74, 6) is 1.24. The van der Waals surface area contributed by atoms with Crippen LogP contribution in [0.15, 0.2) is 47.6 Å². The van der Waals surface area contributed by atoms with Crippen LogP contribution in [0.5, 0.6) is 0 Å². The van der Waals surface area contributed by atoms with E-state index in [9.17, 15) is 0 Å². The Morgan fingerprint density at radius 2 is 1.55 bits per heavy atom. The monoisotopic (exact) mass is 272 g/mol. The summed E-state index contributed by atoms with van der Waals surface area (Å²) in [5, 5.41) is 0. The summed E-state index contributed by atoms with van der Waals surface area (Å²) in [6, 6.07) is 0. The van der Waals surface area contributed by atoms with Gasteiger partial charge in [0.15, 0.2) is 0 Å². The number of rotatable bonds is 2. The van der Waals surface area contributed by atoms with Crippen LogP contribution < -0.4 is 0 Å². The fraction of sp³-hybridized carbons (Fsp3) is 0.600. The van der Waals surface area contributed by atoms with E-state index in [2.05, 4.69) is 53.0 Å². The highest BCUT2D eigenvalue weighted by Crippen LogP contribution is 2.31. The normalized spacial score (nSPS) is 31.0. The van der Waals surface area contributed by atoms with E-state index in [4.69, 9.17) is 0 Å². The largest absolute Gasteiger partial charge is 0.0999 e. The van der Waals surface area contributed by atoms with Gasteiger partial charge in [-0.1, -0.05) is 47.6 Å². The zero-order chi connectivity index (χ0) is 15.1. The molecule has 1 aliphatic carbocycles. The minimum atomic E-state index is 0.607. The average molecular weight is 272 g/mol. The van der Waals surface area contributed by atoms with Crippen molar-refractivity contribution in [2.45, 2.75) is 66.2 Å². The van der Waals surface area contributed by atoms with Gasteiger partial charge in [-0.3, -0.25) is 0 Å². The van der Waals surface area contributed by atoms with Gasteiger partial charge in [0.05, 0.1) is 0 Å². The molecule has 2 atom stereocenters. The van der Waals surface area contributed by atoms with E-state index in [0.29, 0.717) is 11.8 Å². The van der Waals surface area contributed by atoms with Gasteiger partial charge in [0.1, 0.15) is 0 Å². The lowest BCUT2D eigenvalue weighted by Gasteiger charge is -2.24. The quantitative estimate of drug-likeness (QED) is 0.496. The molecule has 0 saturated heterocycles. The fourth-order valence-corrected chi connectivity index (χ4v) is 2.90. The van der Waals surface area contributed by atoms with E-state index in [0.717, 1.165) is 6.42 Å². The van der Waals surface area contributed by atoms with E-state index in [-0.39, 0.29) is 0 Å². The topological polar surface area (TPSA) is 0 Å². The number of allylic oxidation sites excluding steroid dienone is 6. The summed E-state index contributed by atoms with van der Waals surface area (Å²) in [4.78, 5) is 0. The van der Waals surface area contributed by atoms with Crippen molar-refractivity contribution in [2.75, 3.05) is 0 Å². The van der Waals surface area contributed by atoms with Gasteiger partial charge in [0, 0.05) is 0 Å². The summed E-state index contributed by atoms with van der Waals surface area (Å²) in [6.45, 7) is 17.3. The minimum Gasteiger partial charge on any atom is -0.0999 e. The number of hydrogen-bond acceptors (Lipinski definition) is 0. The lowest BCUT2D eigenvalue weighted by atomic mass is 9.81. The molecule has 112 valence electrons. The summed E-state index contributed by atoms with van der Waals surface area (Å²) >= 11 is 0. The molecule has 1 aliphatic rings. The van der Waals surface area contributed by atoms with E-state index in [1.54, 1.807) is 0 Å². The second kappa shape index (κ2) is 8.29. The molecule has 0 unspecified atom stereocenters. The van der Waals surface area contributed by atoms with Gasteiger partial charge >= 0.3 is 0 Å². The molecule has 1 rings (SSSR count). The summed E-state index contributed by atoms with van der Waals surface area (Å²) in [5.41, 5.74) is 5.72. The first-order chi connectivity index (χ1) is 9.40. The lowest BCUT2D eigenvalue weighted by Crippen LogP contribution is -2.11. The summed E-state index contributed by atoms with van der Waals surface area (Å²) in [6.07, 6.45) is 12.0. The Kier molecular flexibility index (Phi) is 7.05. The van der Waals surface area contributed by atoms with Crippen molar-refractivity contribution in [3.05, 3.63) is 47.6 Å². The molecule has 0 aromatic rings. The van der Waals surface area contributed by atoms with Crippen LogP contribution in [0.4, 0.5) is 0 Å². The highest BCUT2D eigenvalue weighted by atomic mass is 14.2. The molecule has 0 amide bonds. The molecule has 0 heterocycles. The Bertz CT molecular complexity index is 406. The van der Waals surface area contributed by atoms with Crippen molar-refractivity contribution in [1.29, 1.82) is 0 Å². The van der Waals surface area contributed by atoms with Gasteiger partial charge in [0.2, 0.25) is 0 Å². The lowest BCUT2D eigenvalue weighted by molar-refractivity contribution is 0.428. The Hall–Kier alpha value is -1.04. The van der Waals surface area contributed by atoms with Crippen LogP contribution in [-0.2, 0) is 0 Å². The Morgan fingerprint density at radius 1 is 0.950 bits per heavy atom. The molecule has 0 spiro atoms. The second-order valence-corrected chi connectivity index (χ2v) is 6.74. The van der Waals surface area contributed by atoms with E-state index >= 15 is 0 Å². The van der Waals surface area contributed by atoms with Crippen LogP contribution in [0.2, 0.25) is 0 Å². The highest BCUT2D eigenvalue weighted by Gasteiger charge is 2.17. The molecule has 0 radical (unpaired) electrons. The highest BCUT2D eigenvalue weighted by molar-refractivity contribution is 5.10. The Balaban J connectivity index is 2.90. The Labute approximate surface area is 126 Å². The summed E-state index contributed by atoms with van der Waals surface area (Å²) < 4.78 is 0. The molecule has 0 N–H and O–H groups in total. The zero-order valence-corrected chi connectivity index (χ0v) is 14.0. The molecular weight excluding hydrogens is 240 g/mol. The first kappa shape index (κ1) is 17.0. The molecular formula is C20H32. The van der Waals surface area contributed by atoms with E-state index < -0.39 is 0 Å². The van der Waals surface area contributed by atoms with Crippen LogP contribution >= 0.6 is 0 Å². The maximum atomic E-state index is 4.22. The van der Waals surface area contributed by atoms with Crippen molar-refractivity contribution >= 4 is 0 Å². The maximum Gasteiger partial charge on any atom is -0.0168 e. The zero-order valence-electron chi connectivity index (χ0n) is 14.0. The van der Waals surface area contributed by atoms with Crippen molar-refractivity contribution < 1.29 is 0 Å². The van der Waals surface area contributed by atoms with Crippen molar-refractivity contribution in [3.8, 4) is 0 Å². The molecule has 0 fully saturated rings. The average Bonchev–Trinajstić information content (AvgIpc) is 2.35. The predicted molar refractivity (Wildman–Crippen MR) is 91.8 cm³/mol. The molecule has 0 saturated carbocycles. The van der Waals surface area contributed by atoms with Gasteiger partial charge < -0.3 is 0 Å². The summed E-state index contributed by atoms with van der Waals surface area (Å²) in [7, 11) is 0. The first-order valence-corrected chi connectivity index (χ1v) is 8.02. The predicted octanol–water partition coefficient (Wildman–Crippen LogP) is 6.62. The van der Waals surface area contributed by atoms with Gasteiger partial charge in [-0.15, -0.1) is 0 Å². The van der Waals surface area contributed by atoms with Crippen LogP contribution in [0.25, 0.3) is 0 Å². The van der Waals surface area contributed by atoms with Crippen LogP contribution in [0.1, 0.15) is 66.2 Å². The second-order valence-electron chi connectivity index (χ2n) is 6.74. The van der Waals surface area contributed by atoms with Crippen LogP contribution in [0.3, 0.4) is 0 Å². The first-order valence-electron chi connectivity index (χ1n) is 8.02. The molecule has 0 bridgehead atoms. The molecule has 0 heteroatoms. The standard InChI is InChI=1S/C20H32/c1-15(2)19-12-10-17(5)8-7-9-18(6)11-13-20(14-19)16(3)4/h8,11,19-20H,1,3,7,9-10,12-14H2,2,4-6H3/b17-8-,18-11-/t19-,20+/m1/s1. The van der Waals surface area contributed by atoms with Crippen LogP contribution in [0, 0.1) is 11.8 Å². The maximum absolute atomic E-state index is 4.22. The van der Waals surface area contributed by atoms with Crippen LogP contribution in [-0.4, -0.2) is 0 Å². The third kappa shape index (κ3) is 5.94.